The zero-order valence-corrected chi connectivity index (χ0v) is 18.0. The van der Waals surface area contributed by atoms with Gasteiger partial charge >= 0.3 is 6.18 Å². The Labute approximate surface area is 198 Å². The van der Waals surface area contributed by atoms with Crippen LogP contribution in [0.5, 0.6) is 0 Å². The number of hydrogen-bond donors (Lipinski definition) is 2. The SMILES string of the molecule is O=C(Nc1cnc(-n2nccn2)c(Cl)c1)c1cnn(-c2cccc3[nH]c(=O)ccc23)c1C(F)(F)F. The molecule has 0 atom stereocenters. The summed E-state index contributed by atoms with van der Waals surface area (Å²) in [6, 6.07) is 8.30. The Morgan fingerprint density at radius 1 is 1.06 bits per heavy atom. The summed E-state index contributed by atoms with van der Waals surface area (Å²) in [6.07, 6.45) is -0.0742. The van der Waals surface area contributed by atoms with Crippen molar-refractivity contribution < 1.29 is 18.0 Å². The molecule has 4 aromatic heterocycles. The lowest BCUT2D eigenvalue weighted by molar-refractivity contribution is -0.143. The van der Waals surface area contributed by atoms with Crippen molar-refractivity contribution >= 4 is 34.1 Å². The average Bonchev–Trinajstić information content (AvgIpc) is 3.49. The predicted molar refractivity (Wildman–Crippen MR) is 119 cm³/mol. The molecule has 0 fully saturated rings. The first-order valence-electron chi connectivity index (χ1n) is 9.83. The number of carbonyl (C=O) groups is 1. The van der Waals surface area contributed by atoms with Gasteiger partial charge in [0.25, 0.3) is 5.91 Å². The molecule has 0 aliphatic heterocycles. The first-order valence-corrected chi connectivity index (χ1v) is 10.2. The topological polar surface area (TPSA) is 123 Å². The third-order valence-electron chi connectivity index (χ3n) is 4.94. The minimum Gasteiger partial charge on any atom is -0.322 e. The second-order valence-electron chi connectivity index (χ2n) is 7.18. The van der Waals surface area contributed by atoms with Gasteiger partial charge in [-0.15, -0.1) is 4.80 Å². The highest BCUT2D eigenvalue weighted by atomic mass is 35.5. The van der Waals surface area contributed by atoms with Crippen LogP contribution >= 0.6 is 11.6 Å². The number of H-pyrrole nitrogens is 1. The van der Waals surface area contributed by atoms with Crippen LogP contribution in [0.3, 0.4) is 0 Å². The molecule has 5 rings (SSSR count). The molecule has 5 aromatic rings. The number of pyridine rings is 2. The third-order valence-corrected chi connectivity index (χ3v) is 5.22. The molecule has 0 bridgehead atoms. The van der Waals surface area contributed by atoms with Gasteiger partial charge in [0.1, 0.15) is 0 Å². The summed E-state index contributed by atoms with van der Waals surface area (Å²) in [5, 5.41) is 14.4. The second kappa shape index (κ2) is 8.36. The maximum absolute atomic E-state index is 14.1. The van der Waals surface area contributed by atoms with Crippen LogP contribution in [0.15, 0.2) is 66.0 Å². The van der Waals surface area contributed by atoms with Crippen molar-refractivity contribution in [2.75, 3.05) is 5.32 Å². The van der Waals surface area contributed by atoms with E-state index in [9.17, 15) is 22.8 Å². The number of fused-ring (bicyclic) bond motifs is 1. The van der Waals surface area contributed by atoms with E-state index in [0.717, 1.165) is 11.0 Å². The average molecular weight is 501 g/mol. The quantitative estimate of drug-likeness (QED) is 0.388. The molecular formula is C21H12ClF3N8O2. The van der Waals surface area contributed by atoms with Crippen LogP contribution in [-0.2, 0) is 6.18 Å². The molecule has 35 heavy (non-hydrogen) atoms. The van der Waals surface area contributed by atoms with Crippen LogP contribution in [0.1, 0.15) is 16.1 Å². The minimum absolute atomic E-state index is 0.0333. The first kappa shape index (κ1) is 22.3. The highest BCUT2D eigenvalue weighted by Crippen LogP contribution is 2.35. The molecule has 0 saturated heterocycles. The van der Waals surface area contributed by atoms with Crippen LogP contribution < -0.4 is 10.9 Å². The monoisotopic (exact) mass is 500 g/mol. The fourth-order valence-electron chi connectivity index (χ4n) is 3.50. The summed E-state index contributed by atoms with van der Waals surface area (Å²) in [4.78, 5) is 32.2. The number of hydrogen-bond acceptors (Lipinski definition) is 6. The summed E-state index contributed by atoms with van der Waals surface area (Å²) >= 11 is 6.17. The molecule has 176 valence electrons. The van der Waals surface area contributed by atoms with Gasteiger partial charge in [-0.1, -0.05) is 17.7 Å². The van der Waals surface area contributed by atoms with E-state index in [-0.39, 0.29) is 22.2 Å². The van der Waals surface area contributed by atoms with E-state index in [4.69, 9.17) is 11.6 Å². The van der Waals surface area contributed by atoms with Crippen molar-refractivity contribution in [1.29, 1.82) is 0 Å². The zero-order valence-electron chi connectivity index (χ0n) is 17.3. The van der Waals surface area contributed by atoms with Crippen LogP contribution in [-0.4, -0.2) is 40.6 Å². The van der Waals surface area contributed by atoms with Gasteiger partial charge in [-0.2, -0.15) is 28.5 Å². The normalized spacial score (nSPS) is 11.7. The third kappa shape index (κ3) is 4.12. The van der Waals surface area contributed by atoms with Crippen molar-refractivity contribution in [3.05, 3.63) is 87.8 Å². The van der Waals surface area contributed by atoms with E-state index >= 15 is 0 Å². The largest absolute Gasteiger partial charge is 0.434 e. The van der Waals surface area contributed by atoms with Gasteiger partial charge < -0.3 is 10.3 Å². The molecule has 2 N–H and O–H groups in total. The molecule has 0 saturated carbocycles. The van der Waals surface area contributed by atoms with Crippen LogP contribution in [0.4, 0.5) is 18.9 Å². The summed E-state index contributed by atoms with van der Waals surface area (Å²) in [7, 11) is 0. The molecule has 4 heterocycles. The van der Waals surface area contributed by atoms with Gasteiger partial charge in [0, 0.05) is 11.5 Å². The number of aromatic nitrogens is 7. The Kier molecular flexibility index (Phi) is 5.32. The van der Waals surface area contributed by atoms with Crippen LogP contribution in [0.2, 0.25) is 5.02 Å². The van der Waals surface area contributed by atoms with Crippen LogP contribution in [0.25, 0.3) is 22.4 Å². The molecule has 1 aromatic carbocycles. The summed E-state index contributed by atoms with van der Waals surface area (Å²) < 4.78 is 43.0. The number of aromatic amines is 1. The Bertz CT molecular complexity index is 1630. The lowest BCUT2D eigenvalue weighted by Crippen LogP contribution is -2.21. The van der Waals surface area contributed by atoms with Gasteiger partial charge in [0.15, 0.2) is 11.5 Å². The summed E-state index contributed by atoms with van der Waals surface area (Å²) in [5.41, 5.74) is -2.01. The van der Waals surface area contributed by atoms with E-state index in [1.54, 1.807) is 6.07 Å². The highest BCUT2D eigenvalue weighted by Gasteiger charge is 2.41. The van der Waals surface area contributed by atoms with E-state index in [2.05, 4.69) is 30.6 Å². The maximum atomic E-state index is 14.1. The lowest BCUT2D eigenvalue weighted by Gasteiger charge is -2.14. The van der Waals surface area contributed by atoms with Gasteiger partial charge in [-0.05, 0) is 24.3 Å². The number of nitrogens with zero attached hydrogens (tertiary/aromatic N) is 6. The number of anilines is 1. The minimum atomic E-state index is -4.93. The number of alkyl halides is 3. The fourth-order valence-corrected chi connectivity index (χ4v) is 3.74. The number of rotatable bonds is 4. The first-order chi connectivity index (χ1) is 16.7. The number of amides is 1. The van der Waals surface area contributed by atoms with Gasteiger partial charge in [0.2, 0.25) is 5.56 Å². The molecular weight excluding hydrogens is 489 g/mol. The Balaban J connectivity index is 1.54. The lowest BCUT2D eigenvalue weighted by atomic mass is 10.1. The Morgan fingerprint density at radius 2 is 1.83 bits per heavy atom. The van der Waals surface area contributed by atoms with E-state index in [1.165, 1.54) is 48.9 Å². The van der Waals surface area contributed by atoms with Crippen molar-refractivity contribution in [1.82, 2.24) is 34.7 Å². The summed E-state index contributed by atoms with van der Waals surface area (Å²) in [6.45, 7) is 0. The smallest absolute Gasteiger partial charge is 0.322 e. The number of halogens is 4. The zero-order chi connectivity index (χ0) is 24.7. The molecule has 0 unspecified atom stereocenters. The molecule has 1 amide bonds. The fraction of sp³-hybridized carbons (Fsp3) is 0.0476. The van der Waals surface area contributed by atoms with Gasteiger partial charge in [0.05, 0.1) is 52.3 Å². The number of nitrogens with one attached hydrogen (secondary N) is 2. The molecule has 0 aliphatic rings. The maximum Gasteiger partial charge on any atom is 0.434 e. The molecule has 10 nitrogen and oxygen atoms in total. The Hall–Kier alpha value is -4.52. The standard InChI is InChI=1S/C21H12ClF3N8O2/c22-14-8-11(9-26-19(14)33-27-6-7-28-33)30-20(35)13-10-29-32(18(13)21(23,24)25)16-3-1-2-15-12(16)4-5-17(34)31-15/h1-10H,(H,30,35)(H,31,34). The molecule has 14 heteroatoms. The van der Waals surface area contributed by atoms with Crippen molar-refractivity contribution in [2.24, 2.45) is 0 Å². The Morgan fingerprint density at radius 3 is 2.54 bits per heavy atom. The van der Waals surface area contributed by atoms with Gasteiger partial charge in [-0.3, -0.25) is 9.59 Å². The van der Waals surface area contributed by atoms with Gasteiger partial charge in [-0.25, -0.2) is 9.67 Å². The molecule has 0 spiro atoms. The van der Waals surface area contributed by atoms with Crippen molar-refractivity contribution in [2.45, 2.75) is 6.18 Å². The van der Waals surface area contributed by atoms with E-state index in [0.29, 0.717) is 15.6 Å². The number of carbonyl (C=O) groups excluding carboxylic acids is 1. The van der Waals surface area contributed by atoms with Crippen LogP contribution in [0, 0.1) is 0 Å². The van der Waals surface area contributed by atoms with E-state index in [1.807, 2.05) is 0 Å². The summed E-state index contributed by atoms with van der Waals surface area (Å²) in [5.74, 6) is -0.896. The number of benzene rings is 1. The predicted octanol–water partition coefficient (Wildman–Crippen LogP) is 3.61. The van der Waals surface area contributed by atoms with Crippen molar-refractivity contribution in [3.8, 4) is 11.5 Å². The molecule has 0 radical (unpaired) electrons. The second-order valence-corrected chi connectivity index (χ2v) is 7.59. The highest BCUT2D eigenvalue weighted by molar-refractivity contribution is 6.32. The van der Waals surface area contributed by atoms with E-state index < -0.39 is 28.9 Å². The van der Waals surface area contributed by atoms with Crippen molar-refractivity contribution in [3.63, 3.8) is 0 Å². The molecule has 0 aliphatic carbocycles.